The third kappa shape index (κ3) is 4.47. The number of anilines is 1. The van der Waals surface area contributed by atoms with Gasteiger partial charge in [-0.25, -0.2) is 0 Å². The van der Waals surface area contributed by atoms with Crippen molar-refractivity contribution in [1.29, 1.82) is 0 Å². The molecule has 1 aromatic rings. The van der Waals surface area contributed by atoms with Crippen LogP contribution in [0.4, 0.5) is 5.13 Å². The summed E-state index contributed by atoms with van der Waals surface area (Å²) in [5.74, 6) is -0.530. The van der Waals surface area contributed by atoms with Crippen molar-refractivity contribution in [2.75, 3.05) is 18.4 Å². The lowest BCUT2D eigenvalue weighted by Gasteiger charge is -2.03. The van der Waals surface area contributed by atoms with E-state index in [9.17, 15) is 9.59 Å². The molecule has 1 aliphatic carbocycles. The molecule has 3 N–H and O–H groups in total. The van der Waals surface area contributed by atoms with Gasteiger partial charge in [0.1, 0.15) is 0 Å². The molecule has 0 aliphatic heterocycles. The van der Waals surface area contributed by atoms with Gasteiger partial charge in [0, 0.05) is 12.6 Å². The Balaban J connectivity index is 1.75. The number of aromatic nitrogens is 2. The van der Waals surface area contributed by atoms with E-state index < -0.39 is 0 Å². The Kier molecular flexibility index (Phi) is 4.67. The molecule has 104 valence electrons. The molecule has 19 heavy (non-hydrogen) atoms. The number of carbonyl (C=O) groups is 2. The molecule has 0 aromatic carbocycles. The summed E-state index contributed by atoms with van der Waals surface area (Å²) in [7, 11) is 0. The van der Waals surface area contributed by atoms with Crippen LogP contribution in [-0.2, 0) is 4.79 Å². The lowest BCUT2D eigenvalue weighted by molar-refractivity contribution is -0.120. The fourth-order valence-corrected chi connectivity index (χ4v) is 2.05. The van der Waals surface area contributed by atoms with Crippen LogP contribution in [0.5, 0.6) is 0 Å². The van der Waals surface area contributed by atoms with Gasteiger partial charge in [0.25, 0.3) is 5.91 Å². The van der Waals surface area contributed by atoms with Crippen LogP contribution in [0.25, 0.3) is 0 Å². The zero-order chi connectivity index (χ0) is 13.7. The van der Waals surface area contributed by atoms with Crippen molar-refractivity contribution in [2.45, 2.75) is 32.2 Å². The summed E-state index contributed by atoms with van der Waals surface area (Å²) in [5.41, 5.74) is 0. The highest BCUT2D eigenvalue weighted by atomic mass is 32.1. The van der Waals surface area contributed by atoms with Crippen LogP contribution in [0.2, 0.25) is 0 Å². The maximum Gasteiger partial charge on any atom is 0.282 e. The van der Waals surface area contributed by atoms with Crippen LogP contribution in [0.1, 0.15) is 36.0 Å². The first-order chi connectivity index (χ1) is 9.19. The fourth-order valence-electron chi connectivity index (χ4n) is 1.36. The Morgan fingerprint density at radius 1 is 1.37 bits per heavy atom. The summed E-state index contributed by atoms with van der Waals surface area (Å²) in [6.45, 7) is 2.81. The summed E-state index contributed by atoms with van der Waals surface area (Å²) in [6, 6.07) is 0.302. The topological polar surface area (TPSA) is 96.0 Å². The molecule has 8 heteroatoms. The van der Waals surface area contributed by atoms with Crippen molar-refractivity contribution < 1.29 is 9.59 Å². The van der Waals surface area contributed by atoms with E-state index in [-0.39, 0.29) is 23.4 Å². The quantitative estimate of drug-likeness (QED) is 0.672. The number of hydrogen-bond donors (Lipinski definition) is 3. The molecule has 0 bridgehead atoms. The van der Waals surface area contributed by atoms with Crippen molar-refractivity contribution in [3.05, 3.63) is 5.01 Å². The van der Waals surface area contributed by atoms with Crippen LogP contribution < -0.4 is 16.0 Å². The van der Waals surface area contributed by atoms with Crippen LogP contribution >= 0.6 is 11.3 Å². The third-order valence-electron chi connectivity index (χ3n) is 2.50. The first-order valence-electron chi connectivity index (χ1n) is 6.34. The predicted octanol–water partition coefficient (Wildman–Crippen LogP) is 0.368. The smallest absolute Gasteiger partial charge is 0.282 e. The monoisotopic (exact) mass is 283 g/mol. The number of amides is 2. The van der Waals surface area contributed by atoms with Gasteiger partial charge in [-0.05, 0) is 19.3 Å². The van der Waals surface area contributed by atoms with Gasteiger partial charge in [0.05, 0.1) is 6.54 Å². The van der Waals surface area contributed by atoms with Crippen molar-refractivity contribution in [1.82, 2.24) is 20.8 Å². The zero-order valence-electron chi connectivity index (χ0n) is 10.7. The molecular formula is C11H17N5O2S. The van der Waals surface area contributed by atoms with Gasteiger partial charge in [0.15, 0.2) is 0 Å². The molecule has 0 saturated heterocycles. The van der Waals surface area contributed by atoms with E-state index in [0.717, 1.165) is 25.8 Å². The molecular weight excluding hydrogens is 266 g/mol. The molecule has 7 nitrogen and oxygen atoms in total. The number of nitrogens with one attached hydrogen (secondary N) is 3. The third-order valence-corrected chi connectivity index (χ3v) is 3.38. The van der Waals surface area contributed by atoms with Gasteiger partial charge in [-0.15, -0.1) is 10.2 Å². The molecule has 1 fully saturated rings. The summed E-state index contributed by atoms with van der Waals surface area (Å²) in [6.07, 6.45) is 3.04. The Morgan fingerprint density at radius 2 is 2.16 bits per heavy atom. The second kappa shape index (κ2) is 6.46. The SMILES string of the molecule is CCCNc1nnc(C(=O)NCC(=O)NC2CC2)s1. The first kappa shape index (κ1) is 13.7. The lowest BCUT2D eigenvalue weighted by atomic mass is 10.5. The van der Waals surface area contributed by atoms with E-state index in [4.69, 9.17) is 0 Å². The molecule has 0 atom stereocenters. The zero-order valence-corrected chi connectivity index (χ0v) is 11.5. The van der Waals surface area contributed by atoms with Crippen molar-refractivity contribution in [3.8, 4) is 0 Å². The lowest BCUT2D eigenvalue weighted by Crippen LogP contribution is -2.37. The summed E-state index contributed by atoms with van der Waals surface area (Å²) >= 11 is 1.18. The average molecular weight is 283 g/mol. The Morgan fingerprint density at radius 3 is 2.84 bits per heavy atom. The number of carbonyl (C=O) groups excluding carboxylic acids is 2. The highest BCUT2D eigenvalue weighted by Gasteiger charge is 2.23. The second-order valence-electron chi connectivity index (χ2n) is 4.36. The highest BCUT2D eigenvalue weighted by molar-refractivity contribution is 7.17. The maximum atomic E-state index is 11.7. The van der Waals surface area contributed by atoms with Crippen LogP contribution in [0.3, 0.4) is 0 Å². The molecule has 0 radical (unpaired) electrons. The van der Waals surface area contributed by atoms with Gasteiger partial charge in [-0.1, -0.05) is 18.3 Å². The van der Waals surface area contributed by atoms with E-state index in [2.05, 4.69) is 26.1 Å². The molecule has 0 spiro atoms. The average Bonchev–Trinajstić information content (AvgIpc) is 3.08. The van der Waals surface area contributed by atoms with Crippen LogP contribution in [0.15, 0.2) is 0 Å². The number of hydrogen-bond acceptors (Lipinski definition) is 6. The van der Waals surface area contributed by atoms with E-state index in [1.54, 1.807) is 0 Å². The van der Waals surface area contributed by atoms with Gasteiger partial charge >= 0.3 is 0 Å². The molecule has 1 aromatic heterocycles. The van der Waals surface area contributed by atoms with Crippen molar-refractivity contribution >= 4 is 28.3 Å². The standard InChI is InChI=1S/C11H17N5O2S/c1-2-5-12-11-16-15-10(19-11)9(18)13-6-8(17)14-7-3-4-7/h7H,2-6H2,1H3,(H,12,16)(H,13,18)(H,14,17). The Labute approximate surface area is 115 Å². The minimum atomic E-state index is -0.368. The Hall–Kier alpha value is -1.70. The number of nitrogens with zero attached hydrogens (tertiary/aromatic N) is 2. The molecule has 1 aliphatic rings. The molecule has 0 unspecified atom stereocenters. The molecule has 1 heterocycles. The number of rotatable bonds is 7. The normalized spacial score (nSPS) is 13.9. The maximum absolute atomic E-state index is 11.7. The van der Waals surface area contributed by atoms with Gasteiger partial charge < -0.3 is 16.0 Å². The second-order valence-corrected chi connectivity index (χ2v) is 5.34. The summed E-state index contributed by atoms with van der Waals surface area (Å²) in [4.78, 5) is 23.1. The highest BCUT2D eigenvalue weighted by Crippen LogP contribution is 2.18. The molecule has 1 saturated carbocycles. The fraction of sp³-hybridized carbons (Fsp3) is 0.636. The van der Waals surface area contributed by atoms with Crippen molar-refractivity contribution in [3.63, 3.8) is 0 Å². The Bertz CT molecular complexity index is 458. The van der Waals surface area contributed by atoms with Crippen molar-refractivity contribution in [2.24, 2.45) is 0 Å². The summed E-state index contributed by atoms with van der Waals surface area (Å²) in [5, 5.41) is 16.9. The van der Waals surface area contributed by atoms with E-state index in [1.165, 1.54) is 11.3 Å². The van der Waals surface area contributed by atoms with Gasteiger partial charge in [-0.2, -0.15) is 0 Å². The van der Waals surface area contributed by atoms with Gasteiger partial charge in [0.2, 0.25) is 16.0 Å². The van der Waals surface area contributed by atoms with Crippen LogP contribution in [0, 0.1) is 0 Å². The molecule has 2 amide bonds. The molecule has 2 rings (SSSR count). The largest absolute Gasteiger partial charge is 0.360 e. The van der Waals surface area contributed by atoms with E-state index in [1.807, 2.05) is 6.92 Å². The minimum absolute atomic E-state index is 0.0212. The van der Waals surface area contributed by atoms with E-state index >= 15 is 0 Å². The predicted molar refractivity (Wildman–Crippen MR) is 72.2 cm³/mol. The minimum Gasteiger partial charge on any atom is -0.360 e. The van der Waals surface area contributed by atoms with E-state index in [0.29, 0.717) is 11.2 Å². The summed E-state index contributed by atoms with van der Waals surface area (Å²) < 4.78 is 0. The van der Waals surface area contributed by atoms with Gasteiger partial charge in [-0.3, -0.25) is 9.59 Å². The van der Waals surface area contributed by atoms with Crippen LogP contribution in [-0.4, -0.2) is 41.1 Å². The first-order valence-corrected chi connectivity index (χ1v) is 7.15.